The highest BCUT2D eigenvalue weighted by molar-refractivity contribution is 5.78. The lowest BCUT2D eigenvalue weighted by atomic mass is 9.76. The Kier molecular flexibility index (Phi) is 4.88. The Morgan fingerprint density at radius 2 is 1.76 bits per heavy atom. The monoisotopic (exact) mass is 292 g/mol. The van der Waals surface area contributed by atoms with E-state index in [1.54, 1.807) is 0 Å². The molecule has 2 atom stereocenters. The molecule has 21 heavy (non-hydrogen) atoms. The van der Waals surface area contributed by atoms with Crippen LogP contribution in [0.3, 0.4) is 0 Å². The number of amides is 1. The average Bonchev–Trinajstić information content (AvgIpc) is 2.55. The Morgan fingerprint density at radius 1 is 1.05 bits per heavy atom. The summed E-state index contributed by atoms with van der Waals surface area (Å²) in [4.78, 5) is 15.3. The van der Waals surface area contributed by atoms with Crippen LogP contribution in [0.1, 0.15) is 77.0 Å². The summed E-state index contributed by atoms with van der Waals surface area (Å²) in [6.07, 6.45) is 14.9. The molecule has 2 saturated carbocycles. The van der Waals surface area contributed by atoms with Gasteiger partial charge in [-0.15, -0.1) is 0 Å². The maximum absolute atomic E-state index is 13.0. The van der Waals surface area contributed by atoms with Gasteiger partial charge in [-0.1, -0.05) is 32.1 Å². The molecule has 2 aliphatic carbocycles. The van der Waals surface area contributed by atoms with E-state index in [0.717, 1.165) is 18.9 Å². The maximum atomic E-state index is 13.0. The topological polar surface area (TPSA) is 32.3 Å². The predicted octanol–water partition coefficient (Wildman–Crippen LogP) is 3.48. The van der Waals surface area contributed by atoms with E-state index in [2.05, 4.69) is 17.3 Å². The van der Waals surface area contributed by atoms with Crippen molar-refractivity contribution in [2.75, 3.05) is 13.6 Å². The van der Waals surface area contributed by atoms with Crippen molar-refractivity contribution in [2.24, 2.45) is 5.92 Å². The van der Waals surface area contributed by atoms with E-state index in [-0.39, 0.29) is 5.54 Å². The first-order chi connectivity index (χ1) is 10.2. The molecule has 0 spiro atoms. The number of nitrogens with zero attached hydrogens (tertiary/aromatic N) is 1. The Morgan fingerprint density at radius 3 is 2.52 bits per heavy atom. The predicted molar refractivity (Wildman–Crippen MR) is 86.2 cm³/mol. The fraction of sp³-hybridized carbons (Fsp3) is 0.944. The standard InChI is InChI=1S/C18H32N2O/c1-19-18(11-5-2-6-12-18)14-17(21)20-13-7-9-15-8-3-4-10-16(15)20/h15-16,19H,2-14H2,1H3. The normalized spacial score (nSPS) is 32.5. The number of carbonyl (C=O) groups excluding carboxylic acids is 1. The number of likely N-dealkylation sites (tertiary alicyclic amines) is 1. The average molecular weight is 292 g/mol. The Labute approximate surface area is 129 Å². The first-order valence-corrected chi connectivity index (χ1v) is 9.22. The van der Waals surface area contributed by atoms with Crippen LogP contribution >= 0.6 is 0 Å². The van der Waals surface area contributed by atoms with Crippen LogP contribution < -0.4 is 5.32 Å². The fourth-order valence-electron chi connectivity index (χ4n) is 5.07. The van der Waals surface area contributed by atoms with Gasteiger partial charge in [0.2, 0.25) is 5.91 Å². The van der Waals surface area contributed by atoms with E-state index >= 15 is 0 Å². The van der Waals surface area contributed by atoms with Crippen molar-refractivity contribution in [3.8, 4) is 0 Å². The van der Waals surface area contributed by atoms with Crippen molar-refractivity contribution >= 4 is 5.91 Å². The lowest BCUT2D eigenvalue weighted by Crippen LogP contribution is -2.54. The van der Waals surface area contributed by atoms with E-state index in [1.165, 1.54) is 70.6 Å². The molecule has 3 aliphatic rings. The van der Waals surface area contributed by atoms with Gasteiger partial charge in [-0.25, -0.2) is 0 Å². The van der Waals surface area contributed by atoms with Gasteiger partial charge in [-0.2, -0.15) is 0 Å². The van der Waals surface area contributed by atoms with Crippen LogP contribution in [0.15, 0.2) is 0 Å². The highest BCUT2D eigenvalue weighted by Gasteiger charge is 2.39. The Hall–Kier alpha value is -0.570. The summed E-state index contributed by atoms with van der Waals surface area (Å²) in [5, 5.41) is 3.51. The minimum Gasteiger partial charge on any atom is -0.339 e. The molecule has 1 N–H and O–H groups in total. The van der Waals surface area contributed by atoms with E-state index < -0.39 is 0 Å². The van der Waals surface area contributed by atoms with Crippen LogP contribution in [-0.2, 0) is 4.79 Å². The van der Waals surface area contributed by atoms with Gasteiger partial charge >= 0.3 is 0 Å². The first kappa shape index (κ1) is 15.3. The molecule has 0 bridgehead atoms. The smallest absolute Gasteiger partial charge is 0.224 e. The van der Waals surface area contributed by atoms with E-state index in [4.69, 9.17) is 0 Å². The molecular formula is C18H32N2O. The minimum absolute atomic E-state index is 0.0942. The van der Waals surface area contributed by atoms with Crippen molar-refractivity contribution in [3.63, 3.8) is 0 Å². The van der Waals surface area contributed by atoms with E-state index in [9.17, 15) is 4.79 Å². The van der Waals surface area contributed by atoms with Crippen molar-refractivity contribution in [3.05, 3.63) is 0 Å². The summed E-state index contributed by atoms with van der Waals surface area (Å²) < 4.78 is 0. The van der Waals surface area contributed by atoms with Crippen LogP contribution in [0.5, 0.6) is 0 Å². The second-order valence-electron chi connectivity index (χ2n) is 7.61. The van der Waals surface area contributed by atoms with Crippen molar-refractivity contribution < 1.29 is 4.79 Å². The summed E-state index contributed by atoms with van der Waals surface area (Å²) >= 11 is 0. The molecule has 1 aliphatic heterocycles. The zero-order chi connectivity index (χ0) is 14.7. The molecule has 1 heterocycles. The van der Waals surface area contributed by atoms with Crippen LogP contribution in [0.25, 0.3) is 0 Å². The van der Waals surface area contributed by atoms with Gasteiger partial charge in [-0.05, 0) is 51.5 Å². The molecule has 120 valence electrons. The molecule has 0 aromatic heterocycles. The molecule has 1 saturated heterocycles. The first-order valence-electron chi connectivity index (χ1n) is 9.22. The maximum Gasteiger partial charge on any atom is 0.224 e. The molecule has 0 radical (unpaired) electrons. The summed E-state index contributed by atoms with van der Waals surface area (Å²) in [7, 11) is 2.05. The van der Waals surface area contributed by atoms with Crippen LogP contribution in [0.4, 0.5) is 0 Å². The highest BCUT2D eigenvalue weighted by Crippen LogP contribution is 2.37. The molecule has 3 nitrogen and oxygen atoms in total. The number of hydrogen-bond acceptors (Lipinski definition) is 2. The molecule has 3 heteroatoms. The number of nitrogens with one attached hydrogen (secondary N) is 1. The zero-order valence-electron chi connectivity index (χ0n) is 13.7. The van der Waals surface area contributed by atoms with Crippen LogP contribution in [0.2, 0.25) is 0 Å². The summed E-state index contributed by atoms with van der Waals surface area (Å²) in [6, 6.07) is 0.567. The van der Waals surface area contributed by atoms with Gasteiger partial charge in [0, 0.05) is 24.5 Å². The third kappa shape index (κ3) is 3.28. The van der Waals surface area contributed by atoms with E-state index in [1.807, 2.05) is 0 Å². The third-order valence-corrected chi connectivity index (χ3v) is 6.39. The number of rotatable bonds is 3. The second-order valence-corrected chi connectivity index (χ2v) is 7.61. The third-order valence-electron chi connectivity index (χ3n) is 6.39. The molecular weight excluding hydrogens is 260 g/mol. The second kappa shape index (κ2) is 6.68. The molecule has 2 unspecified atom stereocenters. The Balaban J connectivity index is 1.65. The minimum atomic E-state index is 0.0942. The quantitative estimate of drug-likeness (QED) is 0.863. The van der Waals surface area contributed by atoms with Crippen molar-refractivity contribution in [1.82, 2.24) is 10.2 Å². The number of piperidine rings is 1. The molecule has 0 aromatic rings. The van der Waals surface area contributed by atoms with Gasteiger partial charge < -0.3 is 10.2 Å². The summed E-state index contributed by atoms with van der Waals surface area (Å²) in [6.45, 7) is 1.01. The van der Waals surface area contributed by atoms with Gasteiger partial charge in [0.1, 0.15) is 0 Å². The van der Waals surface area contributed by atoms with Gasteiger partial charge in [0.15, 0.2) is 0 Å². The molecule has 1 amide bonds. The Bertz CT molecular complexity index is 360. The lowest BCUT2D eigenvalue weighted by molar-refractivity contribution is -0.139. The van der Waals surface area contributed by atoms with Crippen LogP contribution in [0, 0.1) is 5.92 Å². The van der Waals surface area contributed by atoms with Gasteiger partial charge in [0.25, 0.3) is 0 Å². The van der Waals surface area contributed by atoms with Crippen molar-refractivity contribution in [2.45, 2.75) is 88.6 Å². The van der Waals surface area contributed by atoms with Gasteiger partial charge in [0.05, 0.1) is 0 Å². The summed E-state index contributed by atoms with van der Waals surface area (Å²) in [5.41, 5.74) is 0.0942. The highest BCUT2D eigenvalue weighted by atomic mass is 16.2. The lowest BCUT2D eigenvalue weighted by Gasteiger charge is -2.46. The van der Waals surface area contributed by atoms with Gasteiger partial charge in [-0.3, -0.25) is 4.79 Å². The largest absolute Gasteiger partial charge is 0.339 e. The van der Waals surface area contributed by atoms with Crippen LogP contribution in [-0.4, -0.2) is 36.0 Å². The van der Waals surface area contributed by atoms with Crippen molar-refractivity contribution in [1.29, 1.82) is 0 Å². The fourth-order valence-corrected chi connectivity index (χ4v) is 5.07. The number of hydrogen-bond donors (Lipinski definition) is 1. The molecule has 0 aromatic carbocycles. The number of carbonyl (C=O) groups is 1. The van der Waals surface area contributed by atoms with E-state index in [0.29, 0.717) is 11.9 Å². The zero-order valence-corrected chi connectivity index (χ0v) is 13.7. The molecule has 3 rings (SSSR count). The molecule has 3 fully saturated rings. The summed E-state index contributed by atoms with van der Waals surface area (Å²) in [5.74, 6) is 1.23. The number of fused-ring (bicyclic) bond motifs is 1. The SMILES string of the molecule is CNC1(CC(=O)N2CCCC3CCCCC32)CCCCC1.